The summed E-state index contributed by atoms with van der Waals surface area (Å²) in [6.07, 6.45) is 0. The third kappa shape index (κ3) is 2.83. The molecule has 0 aromatic heterocycles. The molecule has 23 heavy (non-hydrogen) atoms. The van der Waals surface area contributed by atoms with Gasteiger partial charge in [0.1, 0.15) is 19.8 Å². The molecule has 0 saturated heterocycles. The van der Waals surface area contributed by atoms with Crippen LogP contribution in [0.5, 0.6) is 0 Å². The van der Waals surface area contributed by atoms with Gasteiger partial charge in [0.25, 0.3) is 0 Å². The third-order valence-electron chi connectivity index (χ3n) is 4.18. The van der Waals surface area contributed by atoms with Crippen LogP contribution in [-0.2, 0) is 14.2 Å². The van der Waals surface area contributed by atoms with E-state index in [0.717, 1.165) is 0 Å². The molecule has 0 bridgehead atoms. The molecule has 0 N–H and O–H groups in total. The van der Waals surface area contributed by atoms with E-state index in [9.17, 15) is 0 Å². The first-order chi connectivity index (χ1) is 10.4. The lowest BCUT2D eigenvalue weighted by Gasteiger charge is -2.26. The summed E-state index contributed by atoms with van der Waals surface area (Å²) in [5.41, 5.74) is -1.60. The summed E-state index contributed by atoms with van der Waals surface area (Å²) in [5.74, 6) is 1.74. The molecule has 128 valence electrons. The fraction of sp³-hybridized carbons (Fsp3) is 0.824. The molecule has 0 radical (unpaired) electrons. The molecule has 3 aliphatic heterocycles. The van der Waals surface area contributed by atoms with Crippen LogP contribution in [0.4, 0.5) is 0 Å². The Kier molecular flexibility index (Phi) is 3.33. The van der Waals surface area contributed by atoms with Crippen LogP contribution in [0.15, 0.2) is 15.0 Å². The maximum absolute atomic E-state index is 5.92. The van der Waals surface area contributed by atoms with Crippen LogP contribution in [-0.4, -0.2) is 54.1 Å². The van der Waals surface area contributed by atoms with Gasteiger partial charge in [-0.15, -0.1) is 0 Å². The zero-order valence-electron chi connectivity index (χ0n) is 15.2. The molecule has 3 heterocycles. The Balaban J connectivity index is 2.09. The Morgan fingerprint density at radius 1 is 0.652 bits per heavy atom. The zero-order chi connectivity index (χ0) is 17.1. The zero-order valence-corrected chi connectivity index (χ0v) is 15.2. The van der Waals surface area contributed by atoms with E-state index in [2.05, 4.69) is 0 Å². The van der Waals surface area contributed by atoms with Gasteiger partial charge >= 0.3 is 0 Å². The molecule has 3 aliphatic rings. The van der Waals surface area contributed by atoms with Crippen LogP contribution >= 0.6 is 0 Å². The van der Waals surface area contributed by atoms with E-state index in [1.165, 1.54) is 0 Å². The third-order valence-corrected chi connectivity index (χ3v) is 4.18. The van der Waals surface area contributed by atoms with Crippen molar-refractivity contribution in [1.29, 1.82) is 0 Å². The second-order valence-electron chi connectivity index (χ2n) is 8.68. The maximum atomic E-state index is 5.92. The Morgan fingerprint density at radius 2 is 0.913 bits per heavy atom. The van der Waals surface area contributed by atoms with Crippen molar-refractivity contribution in [1.82, 2.24) is 0 Å². The first kappa shape index (κ1) is 16.3. The van der Waals surface area contributed by atoms with Gasteiger partial charge in [-0.05, 0) is 48.5 Å². The molecule has 3 rings (SSSR count). The second kappa shape index (κ2) is 4.71. The normalized spacial score (nSPS) is 27.5. The number of hydrogen-bond acceptors (Lipinski definition) is 6. The highest BCUT2D eigenvalue weighted by Crippen LogP contribution is 2.38. The number of aliphatic imine (C=N–C) groups is 3. The van der Waals surface area contributed by atoms with Crippen molar-refractivity contribution < 1.29 is 14.2 Å². The minimum Gasteiger partial charge on any atom is -0.477 e. The van der Waals surface area contributed by atoms with E-state index in [0.29, 0.717) is 37.5 Å². The summed E-state index contributed by atoms with van der Waals surface area (Å²) in [4.78, 5) is 14.2. The topological polar surface area (TPSA) is 64.8 Å². The van der Waals surface area contributed by atoms with E-state index >= 15 is 0 Å². The number of hydrogen-bond donors (Lipinski definition) is 0. The van der Waals surface area contributed by atoms with Gasteiger partial charge in [0.15, 0.2) is 5.41 Å². The monoisotopic (exact) mass is 321 g/mol. The van der Waals surface area contributed by atoms with Crippen molar-refractivity contribution in [3.05, 3.63) is 0 Å². The lowest BCUT2D eigenvalue weighted by atomic mass is 9.89. The van der Waals surface area contributed by atoms with Gasteiger partial charge in [0.05, 0.1) is 16.6 Å². The lowest BCUT2D eigenvalue weighted by molar-refractivity contribution is 0.230. The fourth-order valence-corrected chi connectivity index (χ4v) is 2.80. The van der Waals surface area contributed by atoms with E-state index in [-0.39, 0.29) is 16.6 Å². The smallest absolute Gasteiger partial charge is 0.209 e. The first-order valence-electron chi connectivity index (χ1n) is 8.13. The summed E-state index contributed by atoms with van der Waals surface area (Å²) in [6.45, 7) is 15.8. The van der Waals surface area contributed by atoms with Gasteiger partial charge in [-0.3, -0.25) is 0 Å². The highest BCUT2D eigenvalue weighted by atomic mass is 16.5. The quantitative estimate of drug-likeness (QED) is 0.802. The van der Waals surface area contributed by atoms with Crippen molar-refractivity contribution in [2.75, 3.05) is 19.8 Å². The molecule has 0 amide bonds. The molecule has 0 fully saturated rings. The molecule has 0 unspecified atom stereocenters. The molecule has 0 aromatic carbocycles. The minimum atomic E-state index is -0.810. The summed E-state index contributed by atoms with van der Waals surface area (Å²) in [6, 6.07) is 0. The lowest BCUT2D eigenvalue weighted by Crippen LogP contribution is -2.44. The average Bonchev–Trinajstić information content (AvgIpc) is 3.06. The first-order valence-corrected chi connectivity index (χ1v) is 8.13. The van der Waals surface area contributed by atoms with Crippen molar-refractivity contribution in [3.63, 3.8) is 0 Å². The SMILES string of the molecule is CC1(C)COC(C(C)(C2=NC(C)(C)CO2)C2=NC(C)(C)CO2)=N1. The van der Waals surface area contributed by atoms with Crippen LogP contribution in [0, 0.1) is 5.41 Å². The largest absolute Gasteiger partial charge is 0.477 e. The Labute approximate surface area is 138 Å². The Hall–Kier alpha value is -1.59. The molecule has 0 aromatic rings. The summed E-state index contributed by atoms with van der Waals surface area (Å²) >= 11 is 0. The molecule has 0 atom stereocenters. The molecule has 0 saturated carbocycles. The van der Waals surface area contributed by atoms with E-state index in [4.69, 9.17) is 29.2 Å². The van der Waals surface area contributed by atoms with E-state index in [1.54, 1.807) is 0 Å². The summed E-state index contributed by atoms with van der Waals surface area (Å²) in [5, 5.41) is 0. The molecule has 0 aliphatic carbocycles. The van der Waals surface area contributed by atoms with Crippen LogP contribution in [0.3, 0.4) is 0 Å². The molecular weight excluding hydrogens is 294 g/mol. The van der Waals surface area contributed by atoms with Crippen molar-refractivity contribution in [3.8, 4) is 0 Å². The highest BCUT2D eigenvalue weighted by Gasteiger charge is 2.54. The molecule has 6 nitrogen and oxygen atoms in total. The Morgan fingerprint density at radius 3 is 1.09 bits per heavy atom. The average molecular weight is 321 g/mol. The number of rotatable bonds is 3. The number of nitrogens with zero attached hydrogens (tertiary/aromatic N) is 3. The number of ether oxygens (including phenoxy) is 3. The highest BCUT2D eigenvalue weighted by molar-refractivity contribution is 6.23. The van der Waals surface area contributed by atoms with Gasteiger partial charge in [0.2, 0.25) is 17.7 Å². The van der Waals surface area contributed by atoms with Gasteiger partial charge in [-0.25, -0.2) is 15.0 Å². The molecule has 6 heteroatoms. The standard InChI is InChI=1S/C17H27N3O3/c1-14(2)8-21-11(18-14)17(7,12-19-15(3,4)9-22-12)13-20-16(5,6)10-23-13/h8-10H2,1-7H3. The Bertz CT molecular complexity index is 531. The van der Waals surface area contributed by atoms with Gasteiger partial charge in [0, 0.05) is 0 Å². The predicted octanol–water partition coefficient (Wildman–Crippen LogP) is 2.61. The predicted molar refractivity (Wildman–Crippen MR) is 90.5 cm³/mol. The van der Waals surface area contributed by atoms with Gasteiger partial charge < -0.3 is 14.2 Å². The van der Waals surface area contributed by atoms with Crippen LogP contribution in [0.1, 0.15) is 48.5 Å². The van der Waals surface area contributed by atoms with E-state index < -0.39 is 5.41 Å². The van der Waals surface area contributed by atoms with Crippen LogP contribution < -0.4 is 0 Å². The van der Waals surface area contributed by atoms with Gasteiger partial charge in [-0.1, -0.05) is 0 Å². The van der Waals surface area contributed by atoms with Crippen molar-refractivity contribution in [2.24, 2.45) is 20.4 Å². The molecular formula is C17H27N3O3. The summed E-state index contributed by atoms with van der Waals surface area (Å²) in [7, 11) is 0. The maximum Gasteiger partial charge on any atom is 0.209 e. The fourth-order valence-electron chi connectivity index (χ4n) is 2.80. The van der Waals surface area contributed by atoms with Gasteiger partial charge in [-0.2, -0.15) is 0 Å². The molecule has 0 spiro atoms. The van der Waals surface area contributed by atoms with E-state index in [1.807, 2.05) is 48.5 Å². The second-order valence-corrected chi connectivity index (χ2v) is 8.68. The van der Waals surface area contributed by atoms with Crippen LogP contribution in [0.25, 0.3) is 0 Å². The van der Waals surface area contributed by atoms with Crippen molar-refractivity contribution in [2.45, 2.75) is 65.1 Å². The van der Waals surface area contributed by atoms with Crippen molar-refractivity contribution >= 4 is 17.7 Å². The minimum absolute atomic E-state index is 0.264. The van der Waals surface area contributed by atoms with Crippen LogP contribution in [0.2, 0.25) is 0 Å². The summed E-state index contributed by atoms with van der Waals surface area (Å²) < 4.78 is 17.8.